The number of ether oxygens (including phenoxy) is 3. The van der Waals surface area contributed by atoms with Crippen LogP contribution in [-0.4, -0.2) is 108 Å². The van der Waals surface area contributed by atoms with Crippen molar-refractivity contribution in [1.29, 1.82) is 0 Å². The number of thiophene rings is 1. The van der Waals surface area contributed by atoms with Crippen molar-refractivity contribution in [3.63, 3.8) is 0 Å². The predicted molar refractivity (Wildman–Crippen MR) is 236 cm³/mol. The monoisotopic (exact) mass is 876 g/mol. The third kappa shape index (κ3) is 11.0. The Morgan fingerprint density at radius 3 is 2.28 bits per heavy atom. The van der Waals surface area contributed by atoms with Gasteiger partial charge in [0.2, 0.25) is 5.91 Å². The maximum Gasteiger partial charge on any atom is 0.253 e. The van der Waals surface area contributed by atoms with Crippen LogP contribution < -0.4 is 5.32 Å². The van der Waals surface area contributed by atoms with E-state index in [1.807, 2.05) is 54.3 Å². The zero-order chi connectivity index (χ0) is 41.5. The Labute approximate surface area is 366 Å². The standard InChI is InChI=1S/C44H51ClN6O7S.H2S/c1-27-28(2)59-44-40(27)41(30-8-10-34(45)11-9-30)47-38(42-49-48-29(3)51(42)44)26-36(52)5-4-17-56-19-21-58-22-20-57-18-14-39(54)46-35-12-15-50(16-13-35)43(55)32-7-6-31-24-37(53)25-33(31)23-32;/h6-11,23,35,38H,4-5,12-22,24-26H2,1-3H3,(H,46,54);1H2/t38-;/m0./s1. The number of aryl methyl sites for hydroxylation is 2. The number of piperidine rings is 1. The molecule has 2 aromatic heterocycles. The summed E-state index contributed by atoms with van der Waals surface area (Å²) >= 11 is 7.90. The number of amides is 2. The molecule has 7 rings (SSSR count). The normalized spacial score (nSPS) is 16.1. The molecule has 4 heterocycles. The Hall–Kier alpha value is -4.25. The van der Waals surface area contributed by atoms with Crippen LogP contribution in [0.25, 0.3) is 5.00 Å². The molecule has 4 aromatic rings. The third-order valence-corrected chi connectivity index (χ3v) is 12.6. The molecule has 320 valence electrons. The van der Waals surface area contributed by atoms with Gasteiger partial charge in [-0.2, -0.15) is 13.5 Å². The van der Waals surface area contributed by atoms with Gasteiger partial charge in [0, 0.05) is 84.4 Å². The number of likely N-dealkylation sites (tertiary alicyclic amines) is 1. The number of carbonyl (C=O) groups is 4. The minimum absolute atomic E-state index is 0. The number of nitrogens with one attached hydrogen (secondary N) is 1. The Bertz CT molecular complexity index is 2210. The number of nitrogens with zero attached hydrogens (tertiary/aromatic N) is 5. The Morgan fingerprint density at radius 1 is 0.867 bits per heavy atom. The molecule has 1 fully saturated rings. The lowest BCUT2D eigenvalue weighted by Crippen LogP contribution is -2.46. The third-order valence-electron chi connectivity index (χ3n) is 11.1. The number of carbonyl (C=O) groups excluding carboxylic acids is 4. The van der Waals surface area contributed by atoms with Gasteiger partial charge < -0.3 is 24.4 Å². The van der Waals surface area contributed by atoms with Gasteiger partial charge in [0.1, 0.15) is 28.4 Å². The van der Waals surface area contributed by atoms with Crippen molar-refractivity contribution in [2.24, 2.45) is 4.99 Å². The SMILES string of the molecule is Cc1sc2c(c1C)C(c1ccc(Cl)cc1)=N[C@@H](CC(=O)CCCOCCOCCOCCC(=O)NC1CCN(C(=O)c3ccc4c(c3)CC(=O)C4)CC1)c1nnc(C)n1-2.S. The highest BCUT2D eigenvalue weighted by Crippen LogP contribution is 2.40. The molecule has 0 spiro atoms. The molecule has 0 radical (unpaired) electrons. The number of hydrogen-bond acceptors (Lipinski definition) is 11. The molecule has 2 aliphatic heterocycles. The van der Waals surface area contributed by atoms with Crippen molar-refractivity contribution in [3.05, 3.63) is 97.4 Å². The van der Waals surface area contributed by atoms with Crippen molar-refractivity contribution < 1.29 is 33.4 Å². The van der Waals surface area contributed by atoms with Crippen LogP contribution in [0.4, 0.5) is 0 Å². The van der Waals surface area contributed by atoms with E-state index in [9.17, 15) is 19.2 Å². The molecular weight excluding hydrogens is 824 g/mol. The van der Waals surface area contributed by atoms with Gasteiger partial charge in [-0.15, -0.1) is 21.5 Å². The molecule has 0 saturated carbocycles. The van der Waals surface area contributed by atoms with E-state index in [-0.39, 0.29) is 55.8 Å². The summed E-state index contributed by atoms with van der Waals surface area (Å²) in [5.74, 6) is 1.59. The highest BCUT2D eigenvalue weighted by Gasteiger charge is 2.32. The van der Waals surface area contributed by atoms with Gasteiger partial charge in [0.25, 0.3) is 5.91 Å². The number of hydrogen-bond donors (Lipinski definition) is 1. The second-order valence-corrected chi connectivity index (χ2v) is 17.0. The molecule has 1 N–H and O–H groups in total. The summed E-state index contributed by atoms with van der Waals surface area (Å²) < 4.78 is 19.0. The minimum Gasteiger partial charge on any atom is -0.379 e. The Balaban J connectivity index is 0.00000604. The summed E-state index contributed by atoms with van der Waals surface area (Å²) in [4.78, 5) is 58.8. The van der Waals surface area contributed by atoms with Gasteiger partial charge in [0.05, 0.1) is 38.7 Å². The van der Waals surface area contributed by atoms with Crippen molar-refractivity contribution >= 4 is 65.5 Å². The largest absolute Gasteiger partial charge is 0.379 e. The van der Waals surface area contributed by atoms with E-state index in [2.05, 4.69) is 33.9 Å². The first kappa shape index (κ1) is 45.3. The average molecular weight is 878 g/mol. The lowest BCUT2D eigenvalue weighted by molar-refractivity contribution is -0.123. The highest BCUT2D eigenvalue weighted by atomic mass is 35.5. The fourth-order valence-electron chi connectivity index (χ4n) is 7.82. The summed E-state index contributed by atoms with van der Waals surface area (Å²) in [7, 11) is 0. The van der Waals surface area contributed by atoms with E-state index in [0.29, 0.717) is 108 Å². The molecule has 1 saturated heterocycles. The summed E-state index contributed by atoms with van der Waals surface area (Å²) in [6.07, 6.45) is 3.63. The lowest BCUT2D eigenvalue weighted by Gasteiger charge is -2.32. The number of fused-ring (bicyclic) bond motifs is 4. The van der Waals surface area contributed by atoms with E-state index in [1.54, 1.807) is 11.3 Å². The van der Waals surface area contributed by atoms with E-state index in [1.165, 1.54) is 4.88 Å². The molecule has 2 aromatic carbocycles. The zero-order valence-electron chi connectivity index (χ0n) is 34.4. The fraction of sp³-hybridized carbons (Fsp3) is 0.477. The van der Waals surface area contributed by atoms with Gasteiger partial charge in [-0.3, -0.25) is 28.7 Å². The summed E-state index contributed by atoms with van der Waals surface area (Å²) in [6, 6.07) is 12.7. The van der Waals surface area contributed by atoms with Crippen LogP contribution in [-0.2, 0) is 41.4 Å². The summed E-state index contributed by atoms with van der Waals surface area (Å²) in [6.45, 7) is 9.54. The molecular formula is C44H53ClN6O7S2. The van der Waals surface area contributed by atoms with E-state index < -0.39 is 6.04 Å². The quantitative estimate of drug-likeness (QED) is 0.116. The molecule has 3 aliphatic rings. The zero-order valence-corrected chi connectivity index (χ0v) is 37.0. The van der Waals surface area contributed by atoms with Crippen LogP contribution in [0.5, 0.6) is 0 Å². The van der Waals surface area contributed by atoms with E-state index >= 15 is 0 Å². The van der Waals surface area contributed by atoms with Crippen LogP contribution in [0.2, 0.25) is 5.02 Å². The minimum atomic E-state index is -0.487. The van der Waals surface area contributed by atoms with Gasteiger partial charge in [0.15, 0.2) is 5.82 Å². The Kier molecular flexibility index (Phi) is 15.9. The van der Waals surface area contributed by atoms with Crippen molar-refractivity contribution in [1.82, 2.24) is 25.0 Å². The van der Waals surface area contributed by atoms with Crippen LogP contribution in [0.15, 0.2) is 47.5 Å². The highest BCUT2D eigenvalue weighted by molar-refractivity contribution is 7.59. The number of aliphatic imine (C=N–C) groups is 1. The summed E-state index contributed by atoms with van der Waals surface area (Å²) in [5, 5.41) is 13.6. The number of ketones is 2. The van der Waals surface area contributed by atoms with Crippen LogP contribution >= 0.6 is 36.4 Å². The van der Waals surface area contributed by atoms with Crippen LogP contribution in [0, 0.1) is 20.8 Å². The first-order chi connectivity index (χ1) is 28.5. The molecule has 16 heteroatoms. The second kappa shape index (κ2) is 21.0. The maximum atomic E-state index is 13.3. The van der Waals surface area contributed by atoms with Gasteiger partial charge in [-0.25, -0.2) is 0 Å². The van der Waals surface area contributed by atoms with Crippen LogP contribution in [0.3, 0.4) is 0 Å². The van der Waals surface area contributed by atoms with Gasteiger partial charge >= 0.3 is 0 Å². The number of benzene rings is 2. The smallest absolute Gasteiger partial charge is 0.253 e. The molecule has 1 atom stereocenters. The lowest BCUT2D eigenvalue weighted by atomic mass is 9.99. The number of rotatable bonds is 18. The molecule has 0 unspecified atom stereocenters. The molecule has 13 nitrogen and oxygen atoms in total. The molecule has 0 bridgehead atoms. The Morgan fingerprint density at radius 2 is 1.55 bits per heavy atom. The number of halogens is 1. The first-order valence-electron chi connectivity index (χ1n) is 20.4. The van der Waals surface area contributed by atoms with Crippen molar-refractivity contribution in [2.45, 2.75) is 84.2 Å². The topological polar surface area (TPSA) is 154 Å². The first-order valence-corrected chi connectivity index (χ1v) is 21.6. The number of Topliss-reactive ketones (excluding diaryl/α,β-unsaturated/α-hetero) is 2. The second-order valence-electron chi connectivity index (χ2n) is 15.3. The summed E-state index contributed by atoms with van der Waals surface area (Å²) in [5.41, 5.74) is 6.53. The maximum absolute atomic E-state index is 13.3. The average Bonchev–Trinajstić information content (AvgIpc) is 3.86. The molecule has 2 amide bonds. The van der Waals surface area contributed by atoms with E-state index in [4.69, 9.17) is 30.8 Å². The van der Waals surface area contributed by atoms with E-state index in [0.717, 1.165) is 44.4 Å². The van der Waals surface area contributed by atoms with Crippen molar-refractivity contribution in [2.75, 3.05) is 52.7 Å². The predicted octanol–water partition coefficient (Wildman–Crippen LogP) is 6.18. The fourth-order valence-corrected chi connectivity index (χ4v) is 9.16. The van der Waals surface area contributed by atoms with Gasteiger partial charge in [-0.05, 0) is 81.0 Å². The van der Waals surface area contributed by atoms with Crippen LogP contribution in [0.1, 0.15) is 99.3 Å². The number of aromatic nitrogens is 3. The van der Waals surface area contributed by atoms with Crippen molar-refractivity contribution in [3.8, 4) is 5.00 Å². The van der Waals surface area contributed by atoms with Gasteiger partial charge in [-0.1, -0.05) is 29.8 Å². The molecule has 60 heavy (non-hydrogen) atoms. The molecule has 1 aliphatic carbocycles.